The van der Waals surface area contributed by atoms with Crippen LogP contribution in [-0.2, 0) is 6.42 Å². The molecule has 1 aliphatic carbocycles. The predicted molar refractivity (Wildman–Crippen MR) is 62.6 cm³/mol. The number of nitrogens with one attached hydrogen (secondary N) is 2. The SMILES string of the molecule is O=c1[nH]cc(CC2=CCCCCC2)c(=O)[nH]1. The summed E-state index contributed by atoms with van der Waals surface area (Å²) in [5.74, 6) is 0. The van der Waals surface area contributed by atoms with Crippen molar-refractivity contribution >= 4 is 0 Å². The van der Waals surface area contributed by atoms with Crippen molar-refractivity contribution in [1.29, 1.82) is 0 Å². The zero-order valence-corrected chi connectivity index (χ0v) is 9.21. The number of aromatic amines is 2. The molecule has 1 aromatic rings. The first kappa shape index (κ1) is 10.9. The van der Waals surface area contributed by atoms with Crippen LogP contribution in [-0.4, -0.2) is 9.97 Å². The third-order valence-electron chi connectivity index (χ3n) is 2.95. The molecular weight excluding hydrogens is 204 g/mol. The van der Waals surface area contributed by atoms with Gasteiger partial charge in [-0.3, -0.25) is 9.78 Å². The average molecular weight is 220 g/mol. The van der Waals surface area contributed by atoms with E-state index in [9.17, 15) is 9.59 Å². The van der Waals surface area contributed by atoms with E-state index in [1.807, 2.05) is 0 Å². The Kier molecular flexibility index (Phi) is 3.39. The van der Waals surface area contributed by atoms with Gasteiger partial charge in [0, 0.05) is 18.2 Å². The largest absolute Gasteiger partial charge is 0.325 e. The van der Waals surface area contributed by atoms with E-state index in [0.29, 0.717) is 12.0 Å². The lowest BCUT2D eigenvalue weighted by Crippen LogP contribution is -2.24. The van der Waals surface area contributed by atoms with E-state index >= 15 is 0 Å². The maximum Gasteiger partial charge on any atom is 0.325 e. The fraction of sp³-hybridized carbons (Fsp3) is 0.500. The summed E-state index contributed by atoms with van der Waals surface area (Å²) in [6.45, 7) is 0. The Morgan fingerprint density at radius 2 is 2.06 bits per heavy atom. The topological polar surface area (TPSA) is 65.7 Å². The highest BCUT2D eigenvalue weighted by Gasteiger charge is 2.06. The Labute approximate surface area is 93.4 Å². The van der Waals surface area contributed by atoms with Crippen LogP contribution in [0.5, 0.6) is 0 Å². The van der Waals surface area contributed by atoms with Crippen LogP contribution in [0.3, 0.4) is 0 Å². The molecule has 0 amide bonds. The molecule has 0 bridgehead atoms. The second kappa shape index (κ2) is 4.96. The smallest absolute Gasteiger partial charge is 0.314 e. The molecule has 4 heteroatoms. The molecule has 0 spiro atoms. The van der Waals surface area contributed by atoms with Crippen LogP contribution >= 0.6 is 0 Å². The molecule has 0 atom stereocenters. The first-order chi connectivity index (χ1) is 7.75. The summed E-state index contributed by atoms with van der Waals surface area (Å²) in [6, 6.07) is 0. The van der Waals surface area contributed by atoms with Gasteiger partial charge in [0.1, 0.15) is 0 Å². The van der Waals surface area contributed by atoms with E-state index in [2.05, 4.69) is 16.0 Å². The van der Waals surface area contributed by atoms with E-state index < -0.39 is 5.69 Å². The van der Waals surface area contributed by atoms with Gasteiger partial charge in [0.25, 0.3) is 5.56 Å². The van der Waals surface area contributed by atoms with Crippen molar-refractivity contribution in [3.63, 3.8) is 0 Å². The van der Waals surface area contributed by atoms with Gasteiger partial charge in [-0.15, -0.1) is 0 Å². The van der Waals surface area contributed by atoms with Gasteiger partial charge in [-0.25, -0.2) is 4.79 Å². The Hall–Kier alpha value is -1.58. The van der Waals surface area contributed by atoms with Crippen LogP contribution in [0.25, 0.3) is 0 Å². The monoisotopic (exact) mass is 220 g/mol. The second-order valence-corrected chi connectivity index (χ2v) is 4.24. The van der Waals surface area contributed by atoms with Crippen molar-refractivity contribution in [2.45, 2.75) is 38.5 Å². The Balaban J connectivity index is 2.16. The van der Waals surface area contributed by atoms with Crippen molar-refractivity contribution in [3.05, 3.63) is 44.2 Å². The van der Waals surface area contributed by atoms with Gasteiger partial charge in [0.15, 0.2) is 0 Å². The number of H-pyrrole nitrogens is 2. The van der Waals surface area contributed by atoms with Crippen molar-refractivity contribution < 1.29 is 0 Å². The lowest BCUT2D eigenvalue weighted by atomic mass is 10.0. The maximum atomic E-state index is 11.5. The van der Waals surface area contributed by atoms with Gasteiger partial charge in [-0.1, -0.05) is 18.1 Å². The van der Waals surface area contributed by atoms with Gasteiger partial charge in [-0.05, 0) is 25.7 Å². The number of hydrogen-bond donors (Lipinski definition) is 2. The van der Waals surface area contributed by atoms with Crippen LogP contribution in [0.2, 0.25) is 0 Å². The highest BCUT2D eigenvalue weighted by molar-refractivity contribution is 5.16. The normalized spacial score (nSPS) is 16.6. The molecule has 0 aromatic carbocycles. The molecule has 2 N–H and O–H groups in total. The van der Waals surface area contributed by atoms with Gasteiger partial charge in [0.2, 0.25) is 0 Å². The van der Waals surface area contributed by atoms with E-state index in [4.69, 9.17) is 0 Å². The highest BCUT2D eigenvalue weighted by Crippen LogP contribution is 2.19. The molecule has 0 aliphatic heterocycles. The molecule has 4 nitrogen and oxygen atoms in total. The van der Waals surface area contributed by atoms with E-state index in [1.165, 1.54) is 31.0 Å². The summed E-state index contributed by atoms with van der Waals surface area (Å²) >= 11 is 0. The Bertz CT molecular complexity index is 496. The molecule has 86 valence electrons. The van der Waals surface area contributed by atoms with Crippen molar-refractivity contribution in [2.75, 3.05) is 0 Å². The molecule has 2 rings (SSSR count). The zero-order chi connectivity index (χ0) is 11.4. The molecule has 0 saturated carbocycles. The van der Waals surface area contributed by atoms with Crippen LogP contribution in [0.1, 0.15) is 37.7 Å². The third-order valence-corrected chi connectivity index (χ3v) is 2.95. The van der Waals surface area contributed by atoms with Gasteiger partial charge >= 0.3 is 5.69 Å². The van der Waals surface area contributed by atoms with Crippen LogP contribution in [0.15, 0.2) is 27.4 Å². The Morgan fingerprint density at radius 1 is 1.19 bits per heavy atom. The van der Waals surface area contributed by atoms with Crippen molar-refractivity contribution in [2.24, 2.45) is 0 Å². The lowest BCUT2D eigenvalue weighted by molar-refractivity contribution is 0.706. The first-order valence-electron chi connectivity index (χ1n) is 5.74. The van der Waals surface area contributed by atoms with Crippen molar-refractivity contribution in [1.82, 2.24) is 9.97 Å². The first-order valence-corrected chi connectivity index (χ1v) is 5.74. The number of rotatable bonds is 2. The van der Waals surface area contributed by atoms with Crippen molar-refractivity contribution in [3.8, 4) is 0 Å². The van der Waals surface area contributed by atoms with Crippen LogP contribution in [0, 0.1) is 0 Å². The molecule has 0 saturated heterocycles. The van der Waals surface area contributed by atoms with Gasteiger partial charge in [-0.2, -0.15) is 0 Å². The molecule has 0 radical (unpaired) electrons. The molecule has 1 heterocycles. The maximum absolute atomic E-state index is 11.5. The third kappa shape index (κ3) is 2.72. The summed E-state index contributed by atoms with van der Waals surface area (Å²) in [4.78, 5) is 27.1. The molecule has 0 unspecified atom stereocenters. The van der Waals surface area contributed by atoms with E-state index in [-0.39, 0.29) is 5.56 Å². The molecule has 1 aromatic heterocycles. The molecule has 1 aliphatic rings. The average Bonchev–Trinajstić information content (AvgIpc) is 2.51. The quantitative estimate of drug-likeness (QED) is 0.742. The van der Waals surface area contributed by atoms with Crippen LogP contribution in [0.4, 0.5) is 0 Å². The number of hydrogen-bond acceptors (Lipinski definition) is 2. The molecule has 16 heavy (non-hydrogen) atoms. The van der Waals surface area contributed by atoms with E-state index in [1.54, 1.807) is 0 Å². The van der Waals surface area contributed by atoms with E-state index in [0.717, 1.165) is 12.8 Å². The fourth-order valence-corrected chi connectivity index (χ4v) is 2.06. The minimum atomic E-state index is -0.441. The molecule has 0 fully saturated rings. The number of aromatic nitrogens is 2. The fourth-order valence-electron chi connectivity index (χ4n) is 2.06. The predicted octanol–water partition coefficient (Wildman–Crippen LogP) is 1.50. The summed E-state index contributed by atoms with van der Waals surface area (Å²) in [6.07, 6.45) is 10.3. The minimum absolute atomic E-state index is 0.270. The minimum Gasteiger partial charge on any atom is -0.314 e. The number of allylic oxidation sites excluding steroid dienone is 2. The Morgan fingerprint density at radius 3 is 2.88 bits per heavy atom. The van der Waals surface area contributed by atoms with Gasteiger partial charge < -0.3 is 4.98 Å². The summed E-state index contributed by atoms with van der Waals surface area (Å²) in [5.41, 5.74) is 1.25. The van der Waals surface area contributed by atoms with Crippen LogP contribution < -0.4 is 11.2 Å². The summed E-state index contributed by atoms with van der Waals surface area (Å²) in [5, 5.41) is 0. The van der Waals surface area contributed by atoms with Gasteiger partial charge in [0.05, 0.1) is 0 Å². The lowest BCUT2D eigenvalue weighted by Gasteiger charge is -2.03. The summed E-state index contributed by atoms with van der Waals surface area (Å²) < 4.78 is 0. The standard InChI is InChI=1S/C12H16N2O2/c15-11-10(8-13-12(16)14-11)7-9-5-3-1-2-4-6-9/h5,8H,1-4,6-7H2,(H2,13,14,15,16). The zero-order valence-electron chi connectivity index (χ0n) is 9.21. The summed E-state index contributed by atoms with van der Waals surface area (Å²) in [7, 11) is 0. The molecular formula is C12H16N2O2. The second-order valence-electron chi connectivity index (χ2n) is 4.24. The highest BCUT2D eigenvalue weighted by atomic mass is 16.2.